The fourth-order valence-electron chi connectivity index (χ4n) is 2.93. The number of alkyl halides is 3. The number of hydrogen-bond donors (Lipinski definition) is 2. The molecule has 154 valence electrons. The predicted molar refractivity (Wildman–Crippen MR) is 100 cm³/mol. The minimum absolute atomic E-state index is 0. The van der Waals surface area contributed by atoms with Crippen LogP contribution >= 0.6 is 12.4 Å². The highest BCUT2D eigenvalue weighted by Crippen LogP contribution is 2.25. The molecule has 0 bridgehead atoms. The number of hydrogen-bond acceptors (Lipinski definition) is 4. The number of halogens is 4. The topological polar surface area (TPSA) is 53.6 Å². The summed E-state index contributed by atoms with van der Waals surface area (Å²) in [6, 6.07) is 5.52. The van der Waals surface area contributed by atoms with E-state index in [1.54, 1.807) is 25.1 Å². The molecule has 1 aromatic rings. The molecule has 0 spiro atoms. The van der Waals surface area contributed by atoms with Crippen LogP contribution in [0, 0.1) is 6.92 Å². The summed E-state index contributed by atoms with van der Waals surface area (Å²) >= 11 is 0. The van der Waals surface area contributed by atoms with Crippen LogP contribution in [0.2, 0.25) is 0 Å². The van der Waals surface area contributed by atoms with Gasteiger partial charge in [0.25, 0.3) is 5.91 Å². The van der Waals surface area contributed by atoms with Gasteiger partial charge in [-0.1, -0.05) is 19.1 Å². The molecule has 1 aliphatic heterocycles. The van der Waals surface area contributed by atoms with E-state index in [4.69, 9.17) is 4.74 Å². The van der Waals surface area contributed by atoms with Gasteiger partial charge in [-0.15, -0.1) is 12.4 Å². The van der Waals surface area contributed by atoms with Gasteiger partial charge >= 0.3 is 6.18 Å². The molecule has 2 atom stereocenters. The molecule has 1 amide bonds. The molecular weight excluding hydrogens is 383 g/mol. The van der Waals surface area contributed by atoms with E-state index in [9.17, 15) is 18.0 Å². The summed E-state index contributed by atoms with van der Waals surface area (Å²) in [6.07, 6.45) is -4.86. The van der Waals surface area contributed by atoms with Crippen molar-refractivity contribution in [3.8, 4) is 5.75 Å². The lowest BCUT2D eigenvalue weighted by atomic mass is 10.2. The molecule has 1 heterocycles. The molecule has 1 aliphatic rings. The predicted octanol–water partition coefficient (Wildman–Crippen LogP) is 2.53. The van der Waals surface area contributed by atoms with Crippen LogP contribution in [0.1, 0.15) is 18.9 Å². The van der Waals surface area contributed by atoms with E-state index in [2.05, 4.69) is 10.6 Å². The molecule has 0 aliphatic carbocycles. The van der Waals surface area contributed by atoms with Gasteiger partial charge in [0, 0.05) is 32.7 Å². The second-order valence-electron chi connectivity index (χ2n) is 6.42. The first-order valence-corrected chi connectivity index (χ1v) is 8.83. The summed E-state index contributed by atoms with van der Waals surface area (Å²) in [6.45, 7) is 4.81. The maximum Gasteiger partial charge on any atom is 0.405 e. The normalized spacial score (nSPS) is 17.5. The maximum atomic E-state index is 13.4. The average molecular weight is 410 g/mol. The molecule has 0 radical (unpaired) electrons. The number of carbonyl (C=O) groups is 1. The van der Waals surface area contributed by atoms with Crippen molar-refractivity contribution in [2.75, 3.05) is 32.7 Å². The van der Waals surface area contributed by atoms with E-state index in [1.165, 1.54) is 4.90 Å². The molecule has 1 aromatic carbocycles. The van der Waals surface area contributed by atoms with Crippen LogP contribution < -0.4 is 15.4 Å². The summed E-state index contributed by atoms with van der Waals surface area (Å²) in [7, 11) is 0. The van der Waals surface area contributed by atoms with Crippen LogP contribution in [0.15, 0.2) is 24.3 Å². The van der Waals surface area contributed by atoms with Crippen molar-refractivity contribution in [3.05, 3.63) is 29.8 Å². The van der Waals surface area contributed by atoms with E-state index in [0.717, 1.165) is 5.56 Å². The van der Waals surface area contributed by atoms with E-state index in [-0.39, 0.29) is 12.4 Å². The summed E-state index contributed by atoms with van der Waals surface area (Å²) in [5.41, 5.74) is 0.980. The SMILES string of the molecule is CCC(Oc1cccc(C)c1)C(=O)NCC(N1CCNCC1)C(F)(F)F.Cl. The zero-order chi connectivity index (χ0) is 19.2. The number of amides is 1. The Kier molecular flexibility index (Phi) is 9.35. The van der Waals surface area contributed by atoms with Crippen molar-refractivity contribution in [2.24, 2.45) is 0 Å². The van der Waals surface area contributed by atoms with Crippen molar-refractivity contribution in [1.82, 2.24) is 15.5 Å². The van der Waals surface area contributed by atoms with Gasteiger partial charge in [0.05, 0.1) is 0 Å². The lowest BCUT2D eigenvalue weighted by Crippen LogP contribution is -2.58. The fraction of sp³-hybridized carbons (Fsp3) is 0.611. The Hall–Kier alpha value is -1.51. The Morgan fingerprint density at radius 3 is 2.56 bits per heavy atom. The third kappa shape index (κ3) is 7.20. The summed E-state index contributed by atoms with van der Waals surface area (Å²) in [5.74, 6) is -0.000123. The van der Waals surface area contributed by atoms with Crippen LogP contribution in [-0.2, 0) is 4.79 Å². The molecule has 1 saturated heterocycles. The number of piperazine rings is 1. The Morgan fingerprint density at radius 2 is 2.00 bits per heavy atom. The molecule has 5 nitrogen and oxygen atoms in total. The number of ether oxygens (including phenoxy) is 1. The first-order valence-electron chi connectivity index (χ1n) is 8.83. The largest absolute Gasteiger partial charge is 0.481 e. The van der Waals surface area contributed by atoms with Gasteiger partial charge in [0.15, 0.2) is 6.10 Å². The van der Waals surface area contributed by atoms with E-state index < -0.39 is 30.8 Å². The molecule has 1 fully saturated rings. The van der Waals surface area contributed by atoms with Crippen molar-refractivity contribution >= 4 is 18.3 Å². The number of nitrogens with one attached hydrogen (secondary N) is 2. The number of aryl methyl sites for hydroxylation is 1. The third-order valence-corrected chi connectivity index (χ3v) is 4.37. The second kappa shape index (κ2) is 10.7. The molecule has 2 N–H and O–H groups in total. The zero-order valence-corrected chi connectivity index (χ0v) is 16.3. The van der Waals surface area contributed by atoms with E-state index in [1.807, 2.05) is 13.0 Å². The fourth-order valence-corrected chi connectivity index (χ4v) is 2.93. The lowest BCUT2D eigenvalue weighted by molar-refractivity contribution is -0.184. The zero-order valence-electron chi connectivity index (χ0n) is 15.5. The van der Waals surface area contributed by atoms with Gasteiger partial charge in [-0.05, 0) is 31.0 Å². The van der Waals surface area contributed by atoms with Gasteiger partial charge in [-0.25, -0.2) is 0 Å². The van der Waals surface area contributed by atoms with Crippen LogP contribution in [0.4, 0.5) is 13.2 Å². The molecule has 0 saturated carbocycles. The highest BCUT2D eigenvalue weighted by atomic mass is 35.5. The molecular formula is C18H27ClF3N3O2. The highest BCUT2D eigenvalue weighted by molar-refractivity contribution is 5.85. The number of carbonyl (C=O) groups excluding carboxylic acids is 1. The number of rotatable bonds is 7. The lowest BCUT2D eigenvalue weighted by Gasteiger charge is -2.36. The Bertz CT molecular complexity index is 595. The highest BCUT2D eigenvalue weighted by Gasteiger charge is 2.44. The molecule has 2 rings (SSSR count). The van der Waals surface area contributed by atoms with Gasteiger partial charge < -0.3 is 15.4 Å². The molecule has 9 heteroatoms. The van der Waals surface area contributed by atoms with Crippen LogP contribution in [-0.4, -0.2) is 61.9 Å². The summed E-state index contributed by atoms with van der Waals surface area (Å²) < 4.78 is 45.8. The molecule has 2 unspecified atom stereocenters. The smallest absolute Gasteiger partial charge is 0.405 e. The molecule has 27 heavy (non-hydrogen) atoms. The Labute approximate surface area is 164 Å². The number of benzene rings is 1. The summed E-state index contributed by atoms with van der Waals surface area (Å²) in [4.78, 5) is 13.7. The minimum atomic E-state index is -4.40. The Morgan fingerprint density at radius 1 is 1.33 bits per heavy atom. The van der Waals surface area contributed by atoms with Crippen LogP contribution in [0.3, 0.4) is 0 Å². The van der Waals surface area contributed by atoms with Gasteiger partial charge in [-0.2, -0.15) is 13.2 Å². The van der Waals surface area contributed by atoms with Crippen molar-refractivity contribution in [3.63, 3.8) is 0 Å². The maximum absolute atomic E-state index is 13.4. The van der Waals surface area contributed by atoms with Crippen LogP contribution in [0.25, 0.3) is 0 Å². The van der Waals surface area contributed by atoms with Crippen molar-refractivity contribution in [2.45, 2.75) is 38.6 Å². The first-order chi connectivity index (χ1) is 12.3. The second-order valence-corrected chi connectivity index (χ2v) is 6.42. The van der Waals surface area contributed by atoms with E-state index in [0.29, 0.717) is 38.3 Å². The van der Waals surface area contributed by atoms with Crippen molar-refractivity contribution < 1.29 is 22.7 Å². The van der Waals surface area contributed by atoms with Crippen LogP contribution in [0.5, 0.6) is 5.75 Å². The first kappa shape index (κ1) is 23.5. The Balaban J connectivity index is 0.00000364. The standard InChI is InChI=1S/C18H26F3N3O2.ClH/c1-3-15(26-14-6-4-5-13(2)11-14)17(25)23-12-16(18(19,20)21)24-9-7-22-8-10-24;/h4-6,11,15-16,22H,3,7-10,12H2,1-2H3,(H,23,25);1H. The third-order valence-electron chi connectivity index (χ3n) is 4.37. The van der Waals surface area contributed by atoms with Crippen molar-refractivity contribution in [1.29, 1.82) is 0 Å². The average Bonchev–Trinajstić information content (AvgIpc) is 2.59. The molecule has 0 aromatic heterocycles. The van der Waals surface area contributed by atoms with Gasteiger partial charge in [0.1, 0.15) is 11.8 Å². The van der Waals surface area contributed by atoms with Gasteiger partial charge in [0.2, 0.25) is 0 Å². The summed E-state index contributed by atoms with van der Waals surface area (Å²) in [5, 5.41) is 5.46. The quantitative estimate of drug-likeness (QED) is 0.726. The minimum Gasteiger partial charge on any atom is -0.481 e. The monoisotopic (exact) mass is 409 g/mol. The number of nitrogens with zero attached hydrogens (tertiary/aromatic N) is 1. The van der Waals surface area contributed by atoms with E-state index >= 15 is 0 Å². The van der Waals surface area contributed by atoms with Gasteiger partial charge in [-0.3, -0.25) is 9.69 Å².